The molecule has 0 atom stereocenters. The van der Waals surface area contributed by atoms with Crippen molar-refractivity contribution < 1.29 is 9.53 Å². The number of nitrogens with two attached hydrogens (primary N) is 1. The Balaban J connectivity index is 1.82. The average Bonchev–Trinajstić information content (AvgIpc) is 3.18. The number of rotatable bonds is 5. The molecule has 0 unspecified atom stereocenters. The second-order valence-electron chi connectivity index (χ2n) is 6.54. The molecule has 0 aromatic rings. The van der Waals surface area contributed by atoms with Crippen LogP contribution in [0.1, 0.15) is 39.5 Å². The zero-order valence-electron chi connectivity index (χ0n) is 11.6. The zero-order chi connectivity index (χ0) is 13.2. The molecule has 1 saturated carbocycles. The Hall–Kier alpha value is -0.610. The Morgan fingerprint density at radius 2 is 2.00 bits per heavy atom. The van der Waals surface area contributed by atoms with Gasteiger partial charge in [0.05, 0.1) is 5.41 Å². The van der Waals surface area contributed by atoms with E-state index in [4.69, 9.17) is 10.5 Å². The third kappa shape index (κ3) is 2.86. The fourth-order valence-corrected chi connectivity index (χ4v) is 2.79. The van der Waals surface area contributed by atoms with Gasteiger partial charge >= 0.3 is 0 Å². The van der Waals surface area contributed by atoms with Crippen LogP contribution >= 0.6 is 0 Å². The molecule has 4 heteroatoms. The van der Waals surface area contributed by atoms with Gasteiger partial charge in [-0.1, -0.05) is 13.8 Å². The van der Waals surface area contributed by atoms with Crippen molar-refractivity contribution in [1.82, 2.24) is 5.32 Å². The minimum Gasteiger partial charge on any atom is -0.381 e. The van der Waals surface area contributed by atoms with Crippen LogP contribution in [0.3, 0.4) is 0 Å². The van der Waals surface area contributed by atoms with Gasteiger partial charge in [0.25, 0.3) is 0 Å². The van der Waals surface area contributed by atoms with Crippen LogP contribution in [0.2, 0.25) is 0 Å². The molecule has 104 valence electrons. The molecule has 2 rings (SSSR count). The first-order valence-electron chi connectivity index (χ1n) is 7.06. The molecule has 1 heterocycles. The van der Waals surface area contributed by atoms with Crippen molar-refractivity contribution in [2.45, 2.75) is 39.5 Å². The Bertz CT molecular complexity index is 305. The molecule has 1 amide bonds. The number of hydrogen-bond donors (Lipinski definition) is 2. The maximum Gasteiger partial charge on any atom is 0.227 e. The van der Waals surface area contributed by atoms with Crippen molar-refractivity contribution in [2.24, 2.45) is 22.5 Å². The Morgan fingerprint density at radius 1 is 1.39 bits per heavy atom. The van der Waals surface area contributed by atoms with Crippen molar-refractivity contribution >= 4 is 5.91 Å². The first-order valence-corrected chi connectivity index (χ1v) is 7.06. The lowest BCUT2D eigenvalue weighted by atomic mass is 9.74. The lowest BCUT2D eigenvalue weighted by molar-refractivity contribution is -0.126. The summed E-state index contributed by atoms with van der Waals surface area (Å²) in [6, 6.07) is 0. The summed E-state index contributed by atoms with van der Waals surface area (Å²) < 4.78 is 5.40. The maximum atomic E-state index is 12.1. The SMILES string of the molecule is CC(C)(CNC(=O)C1(CN)CC1)C1CCOCC1. The number of nitrogens with one attached hydrogen (secondary N) is 1. The average molecular weight is 254 g/mol. The van der Waals surface area contributed by atoms with Crippen molar-refractivity contribution in [1.29, 1.82) is 0 Å². The summed E-state index contributed by atoms with van der Waals surface area (Å²) in [5.41, 5.74) is 5.59. The third-order valence-corrected chi connectivity index (χ3v) is 4.76. The Kier molecular flexibility index (Phi) is 3.97. The summed E-state index contributed by atoms with van der Waals surface area (Å²) in [4.78, 5) is 12.1. The van der Waals surface area contributed by atoms with Crippen molar-refractivity contribution in [3.05, 3.63) is 0 Å². The smallest absolute Gasteiger partial charge is 0.227 e. The summed E-state index contributed by atoms with van der Waals surface area (Å²) in [5.74, 6) is 0.796. The second kappa shape index (κ2) is 5.17. The van der Waals surface area contributed by atoms with Crippen LogP contribution in [-0.4, -0.2) is 32.2 Å². The van der Waals surface area contributed by atoms with Crippen LogP contribution in [0.5, 0.6) is 0 Å². The summed E-state index contributed by atoms with van der Waals surface area (Å²) in [6.07, 6.45) is 4.11. The third-order valence-electron chi connectivity index (χ3n) is 4.76. The number of carbonyl (C=O) groups excluding carboxylic acids is 1. The molecule has 1 aliphatic carbocycles. The molecule has 1 saturated heterocycles. The van der Waals surface area contributed by atoms with Gasteiger partial charge in [-0.2, -0.15) is 0 Å². The van der Waals surface area contributed by atoms with Gasteiger partial charge < -0.3 is 15.8 Å². The predicted molar refractivity (Wildman–Crippen MR) is 71.1 cm³/mol. The molecule has 0 bridgehead atoms. The van der Waals surface area contributed by atoms with Gasteiger partial charge in [-0.05, 0) is 37.0 Å². The fraction of sp³-hybridized carbons (Fsp3) is 0.929. The van der Waals surface area contributed by atoms with Crippen molar-refractivity contribution in [2.75, 3.05) is 26.3 Å². The molecule has 2 aliphatic rings. The van der Waals surface area contributed by atoms with E-state index < -0.39 is 0 Å². The first-order chi connectivity index (χ1) is 8.50. The quantitative estimate of drug-likeness (QED) is 0.777. The van der Waals surface area contributed by atoms with E-state index in [9.17, 15) is 4.79 Å². The Labute approximate surface area is 110 Å². The van der Waals surface area contributed by atoms with E-state index >= 15 is 0 Å². The summed E-state index contributed by atoms with van der Waals surface area (Å²) in [6.45, 7) is 7.43. The highest BCUT2D eigenvalue weighted by molar-refractivity contribution is 5.85. The van der Waals surface area contributed by atoms with Crippen LogP contribution in [0, 0.1) is 16.7 Å². The number of hydrogen-bond acceptors (Lipinski definition) is 3. The molecule has 0 radical (unpaired) electrons. The van der Waals surface area contributed by atoms with Gasteiger partial charge in [0.15, 0.2) is 0 Å². The Morgan fingerprint density at radius 3 is 2.50 bits per heavy atom. The summed E-state index contributed by atoms with van der Waals surface area (Å²) >= 11 is 0. The van der Waals surface area contributed by atoms with E-state index in [0.29, 0.717) is 12.5 Å². The van der Waals surface area contributed by atoms with Crippen LogP contribution in [0.15, 0.2) is 0 Å². The highest BCUT2D eigenvalue weighted by Crippen LogP contribution is 2.45. The molecule has 2 fully saturated rings. The largest absolute Gasteiger partial charge is 0.381 e. The van der Waals surface area contributed by atoms with Gasteiger partial charge in [-0.25, -0.2) is 0 Å². The van der Waals surface area contributed by atoms with Gasteiger partial charge in [-0.15, -0.1) is 0 Å². The van der Waals surface area contributed by atoms with E-state index in [2.05, 4.69) is 19.2 Å². The first kappa shape index (κ1) is 13.8. The molecule has 3 N–H and O–H groups in total. The van der Waals surface area contributed by atoms with Gasteiger partial charge in [0.2, 0.25) is 5.91 Å². The van der Waals surface area contributed by atoms with Gasteiger partial charge in [0.1, 0.15) is 0 Å². The normalized spacial score (nSPS) is 23.7. The molecule has 0 aromatic heterocycles. The molecule has 0 spiro atoms. The monoisotopic (exact) mass is 254 g/mol. The van der Waals surface area contributed by atoms with E-state index in [-0.39, 0.29) is 16.7 Å². The van der Waals surface area contributed by atoms with Crippen molar-refractivity contribution in [3.63, 3.8) is 0 Å². The van der Waals surface area contributed by atoms with Gasteiger partial charge in [-0.3, -0.25) is 4.79 Å². The lowest BCUT2D eigenvalue weighted by Gasteiger charge is -2.37. The molecular weight excluding hydrogens is 228 g/mol. The van der Waals surface area contributed by atoms with Crippen LogP contribution in [0.4, 0.5) is 0 Å². The summed E-state index contributed by atoms with van der Waals surface area (Å²) in [5, 5.41) is 3.11. The highest BCUT2D eigenvalue weighted by Gasteiger charge is 2.48. The molecule has 4 nitrogen and oxygen atoms in total. The van der Waals surface area contributed by atoms with E-state index in [1.54, 1.807) is 0 Å². The van der Waals surface area contributed by atoms with E-state index in [1.807, 2.05) is 0 Å². The second-order valence-corrected chi connectivity index (χ2v) is 6.54. The maximum absolute atomic E-state index is 12.1. The molecular formula is C14H26N2O2. The topological polar surface area (TPSA) is 64.4 Å². The molecule has 18 heavy (non-hydrogen) atoms. The minimum atomic E-state index is -0.230. The molecule has 0 aromatic carbocycles. The van der Waals surface area contributed by atoms with Crippen molar-refractivity contribution in [3.8, 4) is 0 Å². The zero-order valence-corrected chi connectivity index (χ0v) is 11.6. The fourth-order valence-electron chi connectivity index (χ4n) is 2.79. The van der Waals surface area contributed by atoms with Crippen LogP contribution < -0.4 is 11.1 Å². The van der Waals surface area contributed by atoms with Gasteiger partial charge in [0, 0.05) is 26.3 Å². The predicted octanol–water partition coefficient (Wildman–Crippen LogP) is 1.29. The van der Waals surface area contributed by atoms with E-state index in [1.165, 1.54) is 0 Å². The number of carbonyl (C=O) groups is 1. The number of ether oxygens (including phenoxy) is 1. The molecule has 1 aliphatic heterocycles. The summed E-state index contributed by atoms with van der Waals surface area (Å²) in [7, 11) is 0. The highest BCUT2D eigenvalue weighted by atomic mass is 16.5. The van der Waals surface area contributed by atoms with Crippen LogP contribution in [0.25, 0.3) is 0 Å². The lowest BCUT2D eigenvalue weighted by Crippen LogP contribution is -2.44. The number of amides is 1. The van der Waals surface area contributed by atoms with Crippen LogP contribution in [-0.2, 0) is 9.53 Å². The van der Waals surface area contributed by atoms with E-state index in [0.717, 1.165) is 45.4 Å². The minimum absolute atomic E-state index is 0.143. The standard InChI is InChI=1S/C14H26N2O2/c1-13(2,11-3-7-18-8-4-11)10-16-12(17)14(9-15)5-6-14/h11H,3-10,15H2,1-2H3,(H,16,17).